The van der Waals surface area contributed by atoms with Gasteiger partial charge in [0.1, 0.15) is 5.75 Å². The summed E-state index contributed by atoms with van der Waals surface area (Å²) in [4.78, 5) is 0. The zero-order valence-electron chi connectivity index (χ0n) is 12.8. The molecule has 1 aliphatic heterocycles. The molecular weight excluding hydrogens is 264 g/mol. The molecule has 2 aromatic rings. The molecule has 21 heavy (non-hydrogen) atoms. The Balaban J connectivity index is 2.28. The third kappa shape index (κ3) is 1.96. The van der Waals surface area contributed by atoms with Crippen molar-refractivity contribution in [1.82, 2.24) is 0 Å². The Bertz CT molecular complexity index is 663. The van der Waals surface area contributed by atoms with Gasteiger partial charge in [0.2, 0.25) is 5.79 Å². The van der Waals surface area contributed by atoms with Crippen molar-refractivity contribution >= 4 is 0 Å². The number of benzene rings is 2. The molecule has 110 valence electrons. The molecule has 3 nitrogen and oxygen atoms in total. The van der Waals surface area contributed by atoms with Gasteiger partial charge in [0.15, 0.2) is 0 Å². The third-order valence-corrected chi connectivity index (χ3v) is 4.08. The van der Waals surface area contributed by atoms with Crippen molar-refractivity contribution in [1.29, 1.82) is 0 Å². The lowest BCUT2D eigenvalue weighted by Crippen LogP contribution is -2.33. The highest BCUT2D eigenvalue weighted by molar-refractivity contribution is 5.50. The quantitative estimate of drug-likeness (QED) is 0.858. The zero-order chi connectivity index (χ0) is 15.1. The lowest BCUT2D eigenvalue weighted by atomic mass is 9.90. The minimum Gasteiger partial charge on any atom is -0.496 e. The van der Waals surface area contributed by atoms with Crippen LogP contribution in [0.25, 0.3) is 0 Å². The number of ether oxygens (including phenoxy) is 3. The van der Waals surface area contributed by atoms with Crippen LogP contribution in [0.3, 0.4) is 0 Å². The molecule has 1 atom stereocenters. The summed E-state index contributed by atoms with van der Waals surface area (Å²) in [5.74, 6) is -0.181. The van der Waals surface area contributed by atoms with E-state index in [2.05, 4.69) is 26.0 Å². The van der Waals surface area contributed by atoms with Crippen LogP contribution in [-0.4, -0.2) is 14.2 Å². The Hall–Kier alpha value is -1.84. The summed E-state index contributed by atoms with van der Waals surface area (Å²) >= 11 is 0. The number of para-hydroxylation sites is 1. The van der Waals surface area contributed by atoms with Gasteiger partial charge in [-0.25, -0.2) is 0 Å². The molecule has 1 unspecified atom stereocenters. The average molecular weight is 284 g/mol. The standard InChI is InChI=1S/C18H20O3/c1-17(2)13-9-5-6-10-14(13)18(20-4,21-17)15-11-7-8-12-16(15)19-3/h5-12H,1-4H3. The van der Waals surface area contributed by atoms with Crippen LogP contribution < -0.4 is 4.74 Å². The molecule has 3 rings (SSSR count). The molecule has 0 saturated carbocycles. The maximum Gasteiger partial charge on any atom is 0.226 e. The summed E-state index contributed by atoms with van der Waals surface area (Å²) in [6, 6.07) is 16.0. The van der Waals surface area contributed by atoms with Gasteiger partial charge in [-0.3, -0.25) is 0 Å². The molecule has 0 radical (unpaired) electrons. The van der Waals surface area contributed by atoms with Gasteiger partial charge in [0.05, 0.1) is 18.3 Å². The fourth-order valence-corrected chi connectivity index (χ4v) is 3.14. The maximum atomic E-state index is 6.38. The van der Waals surface area contributed by atoms with Crippen molar-refractivity contribution in [2.24, 2.45) is 0 Å². The second-order valence-corrected chi connectivity index (χ2v) is 5.68. The van der Waals surface area contributed by atoms with E-state index in [-0.39, 0.29) is 0 Å². The molecule has 0 spiro atoms. The second-order valence-electron chi connectivity index (χ2n) is 5.68. The first-order valence-corrected chi connectivity index (χ1v) is 7.04. The maximum absolute atomic E-state index is 6.38. The summed E-state index contributed by atoms with van der Waals surface area (Å²) in [6.07, 6.45) is 0. The number of rotatable bonds is 3. The van der Waals surface area contributed by atoms with E-state index in [0.29, 0.717) is 0 Å². The van der Waals surface area contributed by atoms with Gasteiger partial charge in [-0.2, -0.15) is 0 Å². The van der Waals surface area contributed by atoms with Gasteiger partial charge >= 0.3 is 0 Å². The van der Waals surface area contributed by atoms with Crippen LogP contribution in [0, 0.1) is 0 Å². The van der Waals surface area contributed by atoms with Gasteiger partial charge in [-0.1, -0.05) is 36.4 Å². The molecule has 0 saturated heterocycles. The summed E-state index contributed by atoms with van der Waals surface area (Å²) < 4.78 is 17.8. The van der Waals surface area contributed by atoms with Crippen molar-refractivity contribution in [3.8, 4) is 5.75 Å². The predicted molar refractivity (Wildman–Crippen MR) is 81.3 cm³/mol. The molecule has 2 aromatic carbocycles. The first kappa shape index (κ1) is 14.1. The molecule has 0 amide bonds. The monoisotopic (exact) mass is 284 g/mol. The number of hydrogen-bond donors (Lipinski definition) is 0. The largest absolute Gasteiger partial charge is 0.496 e. The highest BCUT2D eigenvalue weighted by Gasteiger charge is 2.51. The van der Waals surface area contributed by atoms with Crippen molar-refractivity contribution in [3.05, 3.63) is 65.2 Å². The molecule has 0 aliphatic carbocycles. The molecule has 0 fully saturated rings. The lowest BCUT2D eigenvalue weighted by molar-refractivity contribution is -0.239. The molecule has 0 N–H and O–H groups in total. The SMILES string of the molecule is COc1ccccc1C1(OC)OC(C)(C)c2ccccc21. The lowest BCUT2D eigenvalue weighted by Gasteiger charge is -2.32. The van der Waals surface area contributed by atoms with E-state index in [4.69, 9.17) is 14.2 Å². The molecule has 0 bridgehead atoms. The normalized spacial score (nSPS) is 22.9. The van der Waals surface area contributed by atoms with E-state index < -0.39 is 11.4 Å². The van der Waals surface area contributed by atoms with E-state index in [0.717, 1.165) is 22.4 Å². The number of fused-ring (bicyclic) bond motifs is 1. The van der Waals surface area contributed by atoms with Crippen LogP contribution in [0.15, 0.2) is 48.5 Å². The predicted octanol–water partition coefficient (Wildman–Crippen LogP) is 3.81. The van der Waals surface area contributed by atoms with Crippen LogP contribution in [-0.2, 0) is 20.9 Å². The van der Waals surface area contributed by atoms with Crippen molar-refractivity contribution in [3.63, 3.8) is 0 Å². The summed E-state index contributed by atoms with van der Waals surface area (Å²) in [7, 11) is 3.33. The van der Waals surface area contributed by atoms with Crippen LogP contribution in [0.2, 0.25) is 0 Å². The Kier molecular flexibility index (Phi) is 3.27. The molecule has 1 heterocycles. The van der Waals surface area contributed by atoms with Crippen LogP contribution in [0.5, 0.6) is 5.75 Å². The average Bonchev–Trinajstić information content (AvgIpc) is 2.76. The third-order valence-electron chi connectivity index (χ3n) is 4.08. The highest BCUT2D eigenvalue weighted by atomic mass is 16.7. The van der Waals surface area contributed by atoms with E-state index in [1.54, 1.807) is 14.2 Å². The van der Waals surface area contributed by atoms with Crippen molar-refractivity contribution < 1.29 is 14.2 Å². The van der Waals surface area contributed by atoms with Gasteiger partial charge in [-0.15, -0.1) is 0 Å². The smallest absolute Gasteiger partial charge is 0.226 e. The van der Waals surface area contributed by atoms with E-state index >= 15 is 0 Å². The summed E-state index contributed by atoms with van der Waals surface area (Å²) in [5, 5.41) is 0. The van der Waals surface area contributed by atoms with Crippen LogP contribution in [0.4, 0.5) is 0 Å². The molecular formula is C18H20O3. The van der Waals surface area contributed by atoms with Crippen molar-refractivity contribution in [2.45, 2.75) is 25.2 Å². The zero-order valence-corrected chi connectivity index (χ0v) is 12.8. The fourth-order valence-electron chi connectivity index (χ4n) is 3.14. The van der Waals surface area contributed by atoms with E-state index in [1.165, 1.54) is 0 Å². The van der Waals surface area contributed by atoms with Gasteiger partial charge < -0.3 is 14.2 Å². The minimum atomic E-state index is -0.938. The van der Waals surface area contributed by atoms with Crippen LogP contribution in [0.1, 0.15) is 30.5 Å². The van der Waals surface area contributed by atoms with Crippen molar-refractivity contribution in [2.75, 3.05) is 14.2 Å². The topological polar surface area (TPSA) is 27.7 Å². The Labute approximate surface area is 125 Å². The Morgan fingerprint density at radius 2 is 1.38 bits per heavy atom. The number of methoxy groups -OCH3 is 2. The van der Waals surface area contributed by atoms with Gasteiger partial charge in [-0.05, 0) is 31.5 Å². The fraction of sp³-hybridized carbons (Fsp3) is 0.333. The first-order chi connectivity index (χ1) is 10.0. The first-order valence-electron chi connectivity index (χ1n) is 7.04. The number of hydrogen-bond acceptors (Lipinski definition) is 3. The van der Waals surface area contributed by atoms with E-state index in [1.807, 2.05) is 36.4 Å². The minimum absolute atomic E-state index is 0.423. The van der Waals surface area contributed by atoms with Gasteiger partial charge in [0, 0.05) is 12.7 Å². The van der Waals surface area contributed by atoms with Gasteiger partial charge in [0.25, 0.3) is 0 Å². The Morgan fingerprint density at radius 1 is 0.810 bits per heavy atom. The van der Waals surface area contributed by atoms with Crippen LogP contribution >= 0.6 is 0 Å². The summed E-state index contributed by atoms with van der Waals surface area (Å²) in [5.41, 5.74) is 2.63. The second kappa shape index (κ2) is 4.86. The molecule has 1 aliphatic rings. The Morgan fingerprint density at radius 3 is 2.00 bits per heavy atom. The molecule has 0 aromatic heterocycles. The van der Waals surface area contributed by atoms with E-state index in [9.17, 15) is 0 Å². The highest BCUT2D eigenvalue weighted by Crippen LogP contribution is 2.52. The summed E-state index contributed by atoms with van der Waals surface area (Å²) in [6.45, 7) is 4.12. The molecule has 3 heteroatoms.